The highest BCUT2D eigenvalue weighted by atomic mass is 32.2. The number of carboxylic acid groups (broad SMARTS) is 1. The van der Waals surface area contributed by atoms with Crippen LogP contribution in [0.3, 0.4) is 0 Å². The number of aliphatic carboxylic acids is 1. The zero-order chi connectivity index (χ0) is 21.5. The highest BCUT2D eigenvalue weighted by Gasteiger charge is 2.53. The number of carboxylic acids is 1. The number of carbonyl (C=O) groups excluding carboxylic acids is 2. The minimum absolute atomic E-state index is 0.106. The van der Waals surface area contributed by atoms with Gasteiger partial charge in [0.2, 0.25) is 5.78 Å². The number of hydrogen-bond acceptors (Lipinski definition) is 6. The Morgan fingerprint density at radius 1 is 1.30 bits per heavy atom. The molecule has 1 N–H and O–H groups in total. The third-order valence-corrected chi connectivity index (χ3v) is 8.09. The number of thiophene rings is 2. The van der Waals surface area contributed by atoms with Crippen LogP contribution in [-0.2, 0) is 27.9 Å². The van der Waals surface area contributed by atoms with Gasteiger partial charge in [-0.3, -0.25) is 14.4 Å². The van der Waals surface area contributed by atoms with Crippen LogP contribution in [0.15, 0.2) is 58.1 Å². The molecule has 30 heavy (non-hydrogen) atoms. The summed E-state index contributed by atoms with van der Waals surface area (Å²) in [6, 6.07) is 4.73. The second kappa shape index (κ2) is 7.99. The highest BCUT2D eigenvalue weighted by molar-refractivity contribution is 7.91. The second-order valence-corrected chi connectivity index (χ2v) is 10.1. The fourth-order valence-electron chi connectivity index (χ4n) is 3.68. The van der Waals surface area contributed by atoms with Crippen LogP contribution in [0.2, 0.25) is 0 Å². The van der Waals surface area contributed by atoms with E-state index in [4.69, 9.17) is 0 Å². The summed E-state index contributed by atoms with van der Waals surface area (Å²) in [5, 5.41) is 15.1. The summed E-state index contributed by atoms with van der Waals surface area (Å²) in [5.41, 5.74) is -0.702. The smallest absolute Gasteiger partial charge is 0.323 e. The van der Waals surface area contributed by atoms with Crippen molar-refractivity contribution in [1.29, 1.82) is 0 Å². The third kappa shape index (κ3) is 3.27. The summed E-state index contributed by atoms with van der Waals surface area (Å²) in [7, 11) is 0. The molecule has 0 saturated heterocycles. The Morgan fingerprint density at radius 3 is 2.77 bits per heavy atom. The van der Waals surface area contributed by atoms with Crippen molar-refractivity contribution < 1.29 is 24.0 Å². The molecule has 2 atom stereocenters. The molecule has 1 aliphatic rings. The van der Waals surface area contributed by atoms with Crippen molar-refractivity contribution in [2.24, 2.45) is 0 Å². The van der Waals surface area contributed by atoms with Crippen LogP contribution in [0.25, 0.3) is 0 Å². The minimum Gasteiger partial charge on any atom is -0.611 e. The predicted octanol–water partition coefficient (Wildman–Crippen LogP) is 3.74. The number of fused-ring (bicyclic) bond motifs is 1. The Morgan fingerprint density at radius 2 is 2.10 bits per heavy atom. The standard InChI is InChI=1S/C21H17NO5S3/c1-2-7-30(27)15-9-17-21(20(25)26,4-5-22(17)10-15)19(24)14-8-16(29-12-14)18(23)13-3-6-28-11-13/h2-3,6,8-12H,1,4-5,7H2,(H,25,26). The molecular weight excluding hydrogens is 442 g/mol. The molecule has 154 valence electrons. The van der Waals surface area contributed by atoms with Gasteiger partial charge in [-0.25, -0.2) is 0 Å². The Balaban J connectivity index is 1.70. The first kappa shape index (κ1) is 20.8. The maximum atomic E-state index is 13.4. The number of nitrogens with zero attached hydrogens (tertiary/aromatic N) is 1. The highest BCUT2D eigenvalue weighted by Crippen LogP contribution is 2.41. The van der Waals surface area contributed by atoms with Gasteiger partial charge in [0.05, 0.1) is 11.1 Å². The van der Waals surface area contributed by atoms with Crippen LogP contribution in [-0.4, -0.2) is 37.5 Å². The summed E-state index contributed by atoms with van der Waals surface area (Å²) in [6.45, 7) is 3.91. The van der Waals surface area contributed by atoms with Gasteiger partial charge in [-0.2, -0.15) is 11.3 Å². The van der Waals surface area contributed by atoms with Gasteiger partial charge in [-0.15, -0.1) is 11.3 Å². The Labute approximate surface area is 183 Å². The van der Waals surface area contributed by atoms with Crippen LogP contribution >= 0.6 is 22.7 Å². The summed E-state index contributed by atoms with van der Waals surface area (Å²) in [5.74, 6) is -1.76. The van der Waals surface area contributed by atoms with Crippen LogP contribution in [0.1, 0.15) is 37.7 Å². The van der Waals surface area contributed by atoms with E-state index in [2.05, 4.69) is 6.58 Å². The molecule has 3 aromatic heterocycles. The maximum absolute atomic E-state index is 13.4. The number of Topliss-reactive ketones (excluding diaryl/α,β-unsaturated/α-hetero) is 1. The van der Waals surface area contributed by atoms with Crippen molar-refractivity contribution in [3.63, 3.8) is 0 Å². The van der Waals surface area contributed by atoms with Crippen molar-refractivity contribution in [3.8, 4) is 0 Å². The monoisotopic (exact) mass is 459 g/mol. The van der Waals surface area contributed by atoms with E-state index in [0.717, 1.165) is 11.3 Å². The van der Waals surface area contributed by atoms with Crippen molar-refractivity contribution in [2.45, 2.75) is 23.3 Å². The number of carbonyl (C=O) groups is 3. The van der Waals surface area contributed by atoms with Crippen molar-refractivity contribution in [3.05, 3.63) is 74.9 Å². The Bertz CT molecular complexity index is 1140. The van der Waals surface area contributed by atoms with E-state index in [9.17, 15) is 24.0 Å². The van der Waals surface area contributed by atoms with Gasteiger partial charge in [-0.05, 0) is 41.2 Å². The van der Waals surface area contributed by atoms with Gasteiger partial charge < -0.3 is 14.2 Å². The van der Waals surface area contributed by atoms with E-state index in [1.54, 1.807) is 33.7 Å². The SMILES string of the molecule is C=CC[S+]([O-])c1cc2n(c1)CCC2(C(=O)O)C(=O)c1csc(C(=O)c2ccsc2)c1. The molecule has 0 saturated carbocycles. The number of ketones is 2. The molecule has 2 unspecified atom stereocenters. The van der Waals surface area contributed by atoms with Crippen LogP contribution < -0.4 is 0 Å². The summed E-state index contributed by atoms with van der Waals surface area (Å²) >= 11 is 1.18. The third-order valence-electron chi connectivity index (χ3n) is 5.19. The van der Waals surface area contributed by atoms with Crippen LogP contribution in [0.4, 0.5) is 0 Å². The fourth-order valence-corrected chi connectivity index (χ4v) is 6.05. The van der Waals surface area contributed by atoms with E-state index >= 15 is 0 Å². The van der Waals surface area contributed by atoms with Crippen LogP contribution in [0, 0.1) is 0 Å². The average molecular weight is 460 g/mol. The molecule has 0 amide bonds. The fraction of sp³-hybridized carbons (Fsp3) is 0.190. The number of aryl methyl sites for hydroxylation is 1. The molecule has 0 radical (unpaired) electrons. The molecule has 4 rings (SSSR count). The van der Waals surface area contributed by atoms with Gasteiger partial charge in [0.25, 0.3) is 0 Å². The lowest BCUT2D eigenvalue weighted by molar-refractivity contribution is -0.141. The van der Waals surface area contributed by atoms with E-state index < -0.39 is 28.3 Å². The summed E-state index contributed by atoms with van der Waals surface area (Å²) in [6.07, 6.45) is 3.28. The van der Waals surface area contributed by atoms with E-state index in [1.165, 1.54) is 28.9 Å². The molecule has 4 heterocycles. The first-order chi connectivity index (χ1) is 14.4. The molecule has 0 aromatic carbocycles. The number of aromatic nitrogens is 1. The van der Waals surface area contributed by atoms with Gasteiger partial charge in [0.1, 0.15) is 5.75 Å². The quantitative estimate of drug-likeness (QED) is 0.239. The van der Waals surface area contributed by atoms with E-state index in [1.807, 2.05) is 0 Å². The first-order valence-corrected chi connectivity index (χ1v) is 12.2. The molecule has 1 aliphatic heterocycles. The summed E-state index contributed by atoms with van der Waals surface area (Å²) < 4.78 is 14.0. The summed E-state index contributed by atoms with van der Waals surface area (Å²) in [4.78, 5) is 39.2. The molecule has 3 aromatic rings. The number of rotatable bonds is 8. The van der Waals surface area contributed by atoms with Gasteiger partial charge >= 0.3 is 5.97 Å². The van der Waals surface area contributed by atoms with Gasteiger partial charge in [0, 0.05) is 40.2 Å². The first-order valence-electron chi connectivity index (χ1n) is 9.02. The van der Waals surface area contributed by atoms with Crippen LogP contribution in [0.5, 0.6) is 0 Å². The lowest BCUT2D eigenvalue weighted by Crippen LogP contribution is -2.42. The normalized spacial score (nSPS) is 18.7. The minimum atomic E-state index is -1.76. The van der Waals surface area contributed by atoms with E-state index in [0.29, 0.717) is 27.6 Å². The average Bonchev–Trinajstić information content (AvgIpc) is 3.51. The molecule has 6 nitrogen and oxygen atoms in total. The zero-order valence-corrected chi connectivity index (χ0v) is 18.1. The molecule has 0 aliphatic carbocycles. The Hall–Kier alpha value is -2.46. The molecule has 0 fully saturated rings. The molecule has 0 bridgehead atoms. The molecular formula is C21H17NO5S3. The van der Waals surface area contributed by atoms with Gasteiger partial charge in [-0.1, -0.05) is 6.58 Å². The Kier molecular flexibility index (Phi) is 5.54. The number of hydrogen-bond donors (Lipinski definition) is 1. The second-order valence-electron chi connectivity index (χ2n) is 6.89. The zero-order valence-electron chi connectivity index (χ0n) is 15.7. The molecule has 9 heteroatoms. The van der Waals surface area contributed by atoms with Crippen molar-refractivity contribution in [1.82, 2.24) is 4.57 Å². The largest absolute Gasteiger partial charge is 0.611 e. The lowest BCUT2D eigenvalue weighted by atomic mass is 9.77. The topological polar surface area (TPSA) is 99.4 Å². The predicted molar refractivity (Wildman–Crippen MR) is 116 cm³/mol. The van der Waals surface area contributed by atoms with Crippen molar-refractivity contribution >= 4 is 51.4 Å². The van der Waals surface area contributed by atoms with E-state index in [-0.39, 0.29) is 23.5 Å². The lowest BCUT2D eigenvalue weighted by Gasteiger charge is -2.21. The maximum Gasteiger partial charge on any atom is 0.323 e. The van der Waals surface area contributed by atoms with Gasteiger partial charge in [0.15, 0.2) is 16.1 Å². The molecule has 0 spiro atoms. The van der Waals surface area contributed by atoms with Crippen molar-refractivity contribution in [2.75, 3.05) is 5.75 Å².